The first-order valence-corrected chi connectivity index (χ1v) is 10.9. The summed E-state index contributed by atoms with van der Waals surface area (Å²) in [6, 6.07) is 17.0. The second kappa shape index (κ2) is 8.92. The van der Waals surface area contributed by atoms with Gasteiger partial charge in [0.15, 0.2) is 4.90 Å². The molecule has 0 fully saturated rings. The summed E-state index contributed by atoms with van der Waals surface area (Å²) in [7, 11) is 0. The van der Waals surface area contributed by atoms with E-state index in [-0.39, 0.29) is 6.42 Å². The number of carboxylic acids is 1. The molecule has 2 unspecified atom stereocenters. The van der Waals surface area contributed by atoms with Gasteiger partial charge in [-0.05, 0) is 61.7 Å². The Kier molecular flexibility index (Phi) is 6.57. The Morgan fingerprint density at radius 1 is 1.07 bits per heavy atom. The van der Waals surface area contributed by atoms with Crippen LogP contribution in [0, 0.1) is 20.8 Å². The van der Waals surface area contributed by atoms with Gasteiger partial charge in [-0.1, -0.05) is 35.9 Å². The maximum atomic E-state index is 12.7. The monoisotopic (exact) mass is 413 g/mol. The van der Waals surface area contributed by atoms with Gasteiger partial charge in [0.2, 0.25) is 0 Å². The maximum Gasteiger partial charge on any atom is 0.305 e. The molecule has 2 N–H and O–H groups in total. The van der Waals surface area contributed by atoms with Crippen molar-refractivity contribution in [2.75, 3.05) is 0 Å². The number of hydrogen-bond donors (Lipinski definition) is 2. The zero-order valence-electron chi connectivity index (χ0n) is 16.1. The normalized spacial score (nSPS) is 13.3. The molecule has 1 heterocycles. The molecule has 0 aliphatic carbocycles. The first kappa shape index (κ1) is 20.6. The summed E-state index contributed by atoms with van der Waals surface area (Å²) < 4.78 is 15.7. The number of thiophene rings is 1. The van der Waals surface area contributed by atoms with Crippen molar-refractivity contribution in [2.45, 2.75) is 38.1 Å². The molecule has 0 radical (unpaired) electrons. The van der Waals surface area contributed by atoms with E-state index < -0.39 is 23.4 Å². The molecule has 0 saturated heterocycles. The van der Waals surface area contributed by atoms with E-state index in [0.29, 0.717) is 4.90 Å². The number of hydrogen-bond acceptors (Lipinski definition) is 4. The lowest BCUT2D eigenvalue weighted by Crippen LogP contribution is -2.29. The van der Waals surface area contributed by atoms with Crippen LogP contribution in [-0.2, 0) is 16.2 Å². The summed E-state index contributed by atoms with van der Waals surface area (Å²) in [5, 5.41) is 9.34. The molecular weight excluding hydrogens is 390 g/mol. The minimum atomic E-state index is -1.49. The van der Waals surface area contributed by atoms with Crippen LogP contribution >= 0.6 is 11.3 Å². The van der Waals surface area contributed by atoms with Gasteiger partial charge in [-0.25, -0.2) is 0 Å². The number of carboxylic acid groups (broad SMARTS) is 1. The molecule has 4 nitrogen and oxygen atoms in total. The SMILES string of the molecule is Cc1ccc([S+]([O-])NC(CC(=O)O)c2ccc(-c3c(C)cccc3C)s2)cc1. The van der Waals surface area contributed by atoms with Gasteiger partial charge in [-0.3, -0.25) is 4.79 Å². The lowest BCUT2D eigenvalue weighted by molar-refractivity contribution is -0.137. The van der Waals surface area contributed by atoms with Crippen molar-refractivity contribution in [3.63, 3.8) is 0 Å². The van der Waals surface area contributed by atoms with Crippen molar-refractivity contribution in [1.29, 1.82) is 0 Å². The predicted molar refractivity (Wildman–Crippen MR) is 115 cm³/mol. The molecule has 2 aromatic carbocycles. The third-order valence-corrected chi connectivity index (χ3v) is 6.98. The lowest BCUT2D eigenvalue weighted by Gasteiger charge is -2.18. The highest BCUT2D eigenvalue weighted by molar-refractivity contribution is 7.89. The van der Waals surface area contributed by atoms with Crippen LogP contribution in [0.15, 0.2) is 59.5 Å². The van der Waals surface area contributed by atoms with E-state index in [9.17, 15) is 14.5 Å². The molecule has 0 bridgehead atoms. The van der Waals surface area contributed by atoms with Crippen LogP contribution in [0.3, 0.4) is 0 Å². The van der Waals surface area contributed by atoms with Crippen molar-refractivity contribution in [2.24, 2.45) is 0 Å². The molecule has 3 rings (SSSR count). The van der Waals surface area contributed by atoms with Gasteiger partial charge >= 0.3 is 5.97 Å². The molecule has 0 saturated carbocycles. The van der Waals surface area contributed by atoms with Crippen LogP contribution in [0.4, 0.5) is 0 Å². The topological polar surface area (TPSA) is 72.4 Å². The smallest absolute Gasteiger partial charge is 0.305 e. The van der Waals surface area contributed by atoms with Crippen molar-refractivity contribution >= 4 is 28.7 Å². The van der Waals surface area contributed by atoms with Crippen molar-refractivity contribution in [1.82, 2.24) is 4.72 Å². The molecule has 6 heteroatoms. The minimum Gasteiger partial charge on any atom is -0.593 e. The number of carbonyl (C=O) groups is 1. The largest absolute Gasteiger partial charge is 0.593 e. The van der Waals surface area contributed by atoms with E-state index in [1.54, 1.807) is 23.5 Å². The van der Waals surface area contributed by atoms with Crippen LogP contribution in [0.2, 0.25) is 0 Å². The van der Waals surface area contributed by atoms with Crippen molar-refractivity contribution in [3.8, 4) is 10.4 Å². The zero-order valence-corrected chi connectivity index (χ0v) is 17.7. The fraction of sp³-hybridized carbons (Fsp3) is 0.227. The summed E-state index contributed by atoms with van der Waals surface area (Å²) in [5.41, 5.74) is 4.62. The van der Waals surface area contributed by atoms with Crippen LogP contribution in [-0.4, -0.2) is 15.6 Å². The van der Waals surface area contributed by atoms with Crippen molar-refractivity contribution in [3.05, 3.63) is 76.2 Å². The Bertz CT molecular complexity index is 946. The zero-order chi connectivity index (χ0) is 20.3. The molecule has 3 aromatic rings. The highest BCUT2D eigenvalue weighted by atomic mass is 32.2. The summed E-state index contributed by atoms with van der Waals surface area (Å²) in [6.07, 6.45) is -0.135. The van der Waals surface area contributed by atoms with Crippen LogP contribution in [0.25, 0.3) is 10.4 Å². The Balaban J connectivity index is 1.87. The lowest BCUT2D eigenvalue weighted by atomic mass is 10.0. The maximum absolute atomic E-state index is 12.7. The molecule has 146 valence electrons. The molecule has 28 heavy (non-hydrogen) atoms. The fourth-order valence-electron chi connectivity index (χ4n) is 3.11. The van der Waals surface area contributed by atoms with E-state index in [1.165, 1.54) is 16.7 Å². The van der Waals surface area contributed by atoms with Crippen LogP contribution in [0.5, 0.6) is 0 Å². The standard InChI is InChI=1S/C22H23NO3S2/c1-14-7-9-17(10-8-14)28(26)23-18(13-21(24)25)19-11-12-20(27-19)22-15(2)5-4-6-16(22)3/h4-12,18,23H,13H2,1-3H3,(H,24,25). The quantitative estimate of drug-likeness (QED) is 0.524. The first-order valence-electron chi connectivity index (χ1n) is 8.98. The number of aliphatic carboxylic acids is 1. The second-order valence-corrected chi connectivity index (χ2v) is 9.18. The molecule has 0 aliphatic rings. The Morgan fingerprint density at radius 3 is 2.32 bits per heavy atom. The molecular formula is C22H23NO3S2. The average Bonchev–Trinajstić information content (AvgIpc) is 3.11. The van der Waals surface area contributed by atoms with Crippen molar-refractivity contribution < 1.29 is 14.5 Å². The van der Waals surface area contributed by atoms with Crippen LogP contribution < -0.4 is 4.72 Å². The van der Waals surface area contributed by atoms with Gasteiger partial charge in [-0.15, -0.1) is 16.1 Å². The Labute approximate surface area is 172 Å². The number of aryl methyl sites for hydroxylation is 3. The number of benzene rings is 2. The van der Waals surface area contributed by atoms with Gasteiger partial charge in [0, 0.05) is 9.75 Å². The summed E-state index contributed by atoms with van der Waals surface area (Å²) in [4.78, 5) is 14.0. The van der Waals surface area contributed by atoms with E-state index in [1.807, 2.05) is 37.3 Å². The molecule has 1 aromatic heterocycles. The predicted octanol–water partition coefficient (Wildman–Crippen LogP) is 5.17. The summed E-state index contributed by atoms with van der Waals surface area (Å²) in [5.74, 6) is -0.930. The molecule has 0 amide bonds. The summed E-state index contributed by atoms with van der Waals surface area (Å²) >= 11 is 0.0544. The Morgan fingerprint density at radius 2 is 1.71 bits per heavy atom. The number of nitrogens with one attached hydrogen (secondary N) is 1. The first-order chi connectivity index (χ1) is 13.3. The molecule has 2 atom stereocenters. The van der Waals surface area contributed by atoms with Gasteiger partial charge in [0.05, 0.1) is 23.8 Å². The highest BCUT2D eigenvalue weighted by Gasteiger charge is 2.25. The molecule has 0 spiro atoms. The van der Waals surface area contributed by atoms with E-state index in [4.69, 9.17) is 0 Å². The van der Waals surface area contributed by atoms with E-state index in [2.05, 4.69) is 30.7 Å². The third kappa shape index (κ3) is 4.83. The minimum absolute atomic E-state index is 0.135. The second-order valence-electron chi connectivity index (χ2n) is 6.82. The van der Waals surface area contributed by atoms with Gasteiger partial charge in [0.1, 0.15) is 0 Å². The molecule has 0 aliphatic heterocycles. The fourth-order valence-corrected chi connectivity index (χ4v) is 5.41. The van der Waals surface area contributed by atoms with Gasteiger partial charge < -0.3 is 9.66 Å². The van der Waals surface area contributed by atoms with E-state index in [0.717, 1.165) is 15.3 Å². The number of rotatable bonds is 7. The van der Waals surface area contributed by atoms with Gasteiger partial charge in [-0.2, -0.15) is 0 Å². The highest BCUT2D eigenvalue weighted by Crippen LogP contribution is 2.36. The average molecular weight is 414 g/mol. The summed E-state index contributed by atoms with van der Waals surface area (Å²) in [6.45, 7) is 6.11. The van der Waals surface area contributed by atoms with Crippen LogP contribution in [0.1, 0.15) is 34.0 Å². The third-order valence-electron chi connectivity index (χ3n) is 4.56. The Hall–Kier alpha value is -2.12. The van der Waals surface area contributed by atoms with E-state index >= 15 is 0 Å². The van der Waals surface area contributed by atoms with Gasteiger partial charge in [0.25, 0.3) is 0 Å².